The van der Waals surface area contributed by atoms with Crippen molar-refractivity contribution in [2.75, 3.05) is 19.0 Å². The SMILES string of the molecule is COC(=O)[C@@H]1Cc2ccccc2C[NH+]1CCC(=O)Nc1sc2c(c1C#N)CCCC2. The number of methoxy groups -OCH3 is 1. The van der Waals surface area contributed by atoms with E-state index in [9.17, 15) is 14.9 Å². The third-order valence-corrected chi connectivity index (χ3v) is 7.35. The zero-order valence-electron chi connectivity index (χ0n) is 17.1. The number of quaternary nitrogens is 1. The number of rotatable bonds is 5. The highest BCUT2D eigenvalue weighted by Crippen LogP contribution is 2.37. The average molecular weight is 425 g/mol. The number of fused-ring (bicyclic) bond motifs is 2. The summed E-state index contributed by atoms with van der Waals surface area (Å²) in [6, 6.07) is 10.1. The van der Waals surface area contributed by atoms with Crippen molar-refractivity contribution in [3.8, 4) is 6.07 Å². The van der Waals surface area contributed by atoms with Crippen LogP contribution in [0.3, 0.4) is 0 Å². The largest absolute Gasteiger partial charge is 0.465 e. The topological polar surface area (TPSA) is 83.6 Å². The maximum Gasteiger partial charge on any atom is 0.365 e. The molecule has 2 aliphatic rings. The Morgan fingerprint density at radius 3 is 2.80 bits per heavy atom. The molecule has 0 bridgehead atoms. The third kappa shape index (κ3) is 4.11. The fourth-order valence-electron chi connectivity index (χ4n) is 4.55. The van der Waals surface area contributed by atoms with E-state index in [0.29, 0.717) is 36.5 Å². The number of nitriles is 1. The van der Waals surface area contributed by atoms with Crippen molar-refractivity contribution >= 4 is 28.2 Å². The minimum Gasteiger partial charge on any atom is -0.465 e. The van der Waals surface area contributed by atoms with Crippen LogP contribution < -0.4 is 10.2 Å². The maximum atomic E-state index is 12.7. The number of esters is 1. The Bertz CT molecular complexity index is 1010. The summed E-state index contributed by atoms with van der Waals surface area (Å²) in [5.74, 6) is -0.349. The first-order valence-electron chi connectivity index (χ1n) is 10.4. The predicted molar refractivity (Wildman–Crippen MR) is 114 cm³/mol. The first-order valence-corrected chi connectivity index (χ1v) is 11.3. The molecule has 1 aromatic carbocycles. The van der Waals surface area contributed by atoms with Gasteiger partial charge in [0.25, 0.3) is 0 Å². The van der Waals surface area contributed by atoms with Crippen molar-refractivity contribution in [2.24, 2.45) is 0 Å². The van der Waals surface area contributed by atoms with Crippen molar-refractivity contribution in [3.63, 3.8) is 0 Å². The van der Waals surface area contributed by atoms with Gasteiger partial charge in [0.1, 0.15) is 17.6 Å². The highest BCUT2D eigenvalue weighted by atomic mass is 32.1. The summed E-state index contributed by atoms with van der Waals surface area (Å²) < 4.78 is 5.02. The molecule has 1 aliphatic heterocycles. The van der Waals surface area contributed by atoms with Gasteiger partial charge in [-0.25, -0.2) is 4.79 Å². The van der Waals surface area contributed by atoms with Crippen molar-refractivity contribution in [1.29, 1.82) is 5.26 Å². The second-order valence-electron chi connectivity index (χ2n) is 7.96. The summed E-state index contributed by atoms with van der Waals surface area (Å²) >= 11 is 1.54. The van der Waals surface area contributed by atoms with E-state index in [0.717, 1.165) is 36.1 Å². The molecule has 2 aromatic rings. The Morgan fingerprint density at radius 1 is 1.27 bits per heavy atom. The van der Waals surface area contributed by atoms with E-state index in [4.69, 9.17) is 4.74 Å². The molecule has 0 saturated carbocycles. The first-order chi connectivity index (χ1) is 14.6. The predicted octanol–water partition coefficient (Wildman–Crippen LogP) is 2.01. The third-order valence-electron chi connectivity index (χ3n) is 6.15. The number of nitrogens with one attached hydrogen (secondary N) is 2. The van der Waals surface area contributed by atoms with Crippen LogP contribution >= 0.6 is 11.3 Å². The van der Waals surface area contributed by atoms with E-state index in [1.54, 1.807) is 11.3 Å². The van der Waals surface area contributed by atoms with Gasteiger partial charge in [0.05, 0.1) is 25.6 Å². The fraction of sp³-hybridized carbons (Fsp3) is 0.435. The molecule has 6 nitrogen and oxygen atoms in total. The van der Waals surface area contributed by atoms with E-state index in [1.807, 2.05) is 12.1 Å². The van der Waals surface area contributed by atoms with E-state index < -0.39 is 0 Å². The molecule has 7 heteroatoms. The summed E-state index contributed by atoms with van der Waals surface area (Å²) in [7, 11) is 1.41. The van der Waals surface area contributed by atoms with Gasteiger partial charge in [0, 0.05) is 16.9 Å². The number of ether oxygens (including phenoxy) is 1. The molecule has 0 fully saturated rings. The Morgan fingerprint density at radius 2 is 2.03 bits per heavy atom. The Labute approximate surface area is 180 Å². The fourth-order valence-corrected chi connectivity index (χ4v) is 5.81. The zero-order chi connectivity index (χ0) is 21.1. The summed E-state index contributed by atoms with van der Waals surface area (Å²) in [5, 5.41) is 13.2. The number of carbonyl (C=O) groups excluding carboxylic acids is 2. The quantitative estimate of drug-likeness (QED) is 0.720. The van der Waals surface area contributed by atoms with Crippen LogP contribution in [0.15, 0.2) is 24.3 Å². The number of nitrogens with zero attached hydrogens (tertiary/aromatic N) is 1. The highest BCUT2D eigenvalue weighted by molar-refractivity contribution is 7.16. The van der Waals surface area contributed by atoms with Crippen molar-refractivity contribution in [2.45, 2.75) is 51.1 Å². The minimum atomic E-state index is -0.304. The maximum absolute atomic E-state index is 12.7. The Balaban J connectivity index is 1.43. The number of benzene rings is 1. The number of hydrogen-bond acceptors (Lipinski definition) is 5. The van der Waals surface area contributed by atoms with Crippen molar-refractivity contribution < 1.29 is 19.2 Å². The van der Waals surface area contributed by atoms with Gasteiger partial charge in [0.15, 0.2) is 6.04 Å². The van der Waals surface area contributed by atoms with Gasteiger partial charge in [0.2, 0.25) is 5.91 Å². The van der Waals surface area contributed by atoms with Gasteiger partial charge in [-0.15, -0.1) is 11.3 Å². The van der Waals surface area contributed by atoms with Crippen molar-refractivity contribution in [1.82, 2.24) is 0 Å². The molecular weight excluding hydrogens is 398 g/mol. The molecule has 2 heterocycles. The van der Waals surface area contributed by atoms with Crippen LogP contribution in [0.2, 0.25) is 0 Å². The molecule has 1 unspecified atom stereocenters. The number of anilines is 1. The lowest BCUT2D eigenvalue weighted by Crippen LogP contribution is -3.16. The van der Waals surface area contributed by atoms with Crippen LogP contribution in [0.25, 0.3) is 0 Å². The van der Waals surface area contributed by atoms with Gasteiger partial charge < -0.3 is 15.0 Å². The molecule has 4 rings (SSSR count). The van der Waals surface area contributed by atoms with E-state index in [-0.39, 0.29) is 17.9 Å². The molecule has 2 atom stereocenters. The van der Waals surface area contributed by atoms with Gasteiger partial charge in [-0.05, 0) is 36.8 Å². The molecule has 1 amide bonds. The van der Waals surface area contributed by atoms with Crippen LogP contribution in [0.4, 0.5) is 5.00 Å². The highest BCUT2D eigenvalue weighted by Gasteiger charge is 2.36. The standard InChI is InChI=1S/C23H25N3O3S/c1-29-23(28)19-12-15-6-2-3-7-16(15)14-26(19)11-10-21(27)25-22-18(13-24)17-8-4-5-9-20(17)30-22/h2-3,6-7,19H,4-5,8-12,14H2,1H3,(H,25,27)/p+1/t19-/m0/s1. The number of thiophene rings is 1. The summed E-state index contributed by atoms with van der Waals surface area (Å²) in [5.41, 5.74) is 4.14. The minimum absolute atomic E-state index is 0.111. The van der Waals surface area contributed by atoms with Gasteiger partial charge in [-0.3, -0.25) is 4.79 Å². The van der Waals surface area contributed by atoms with Gasteiger partial charge >= 0.3 is 5.97 Å². The number of aryl methyl sites for hydroxylation is 1. The smallest absolute Gasteiger partial charge is 0.365 e. The summed E-state index contributed by atoms with van der Waals surface area (Å²) in [6.45, 7) is 1.23. The number of amides is 1. The first kappa shape index (κ1) is 20.6. The van der Waals surface area contributed by atoms with E-state index >= 15 is 0 Å². The molecule has 30 heavy (non-hydrogen) atoms. The van der Waals surface area contributed by atoms with Gasteiger partial charge in [-0.2, -0.15) is 5.26 Å². The molecule has 0 radical (unpaired) electrons. The Kier molecular flexibility index (Phi) is 6.16. The van der Waals surface area contributed by atoms with Crippen LogP contribution in [-0.4, -0.2) is 31.6 Å². The van der Waals surface area contributed by atoms with Crippen LogP contribution in [-0.2, 0) is 40.1 Å². The average Bonchev–Trinajstić information content (AvgIpc) is 3.13. The normalized spacial score (nSPS) is 19.9. The zero-order valence-corrected chi connectivity index (χ0v) is 17.9. The molecule has 0 spiro atoms. The summed E-state index contributed by atoms with van der Waals surface area (Å²) in [6.07, 6.45) is 5.06. The molecule has 2 N–H and O–H groups in total. The lowest BCUT2D eigenvalue weighted by molar-refractivity contribution is -0.932. The van der Waals surface area contributed by atoms with Crippen LogP contribution in [0.1, 0.15) is 46.4 Å². The molecule has 1 aromatic heterocycles. The van der Waals surface area contributed by atoms with Crippen LogP contribution in [0.5, 0.6) is 0 Å². The summed E-state index contributed by atoms with van der Waals surface area (Å²) in [4.78, 5) is 27.3. The van der Waals surface area contributed by atoms with Crippen molar-refractivity contribution in [3.05, 3.63) is 51.4 Å². The second-order valence-corrected chi connectivity index (χ2v) is 9.06. The second kappa shape index (κ2) is 8.99. The van der Waals surface area contributed by atoms with E-state index in [1.165, 1.54) is 23.1 Å². The molecule has 0 saturated heterocycles. The monoisotopic (exact) mass is 424 g/mol. The Hall–Kier alpha value is -2.69. The molecular formula is C23H26N3O3S+. The molecule has 156 valence electrons. The number of hydrogen-bond donors (Lipinski definition) is 2. The van der Waals surface area contributed by atoms with Gasteiger partial charge in [-0.1, -0.05) is 24.3 Å². The molecule has 1 aliphatic carbocycles. The van der Waals surface area contributed by atoms with E-state index in [2.05, 4.69) is 23.5 Å². The lowest BCUT2D eigenvalue weighted by Gasteiger charge is -2.32. The van der Waals surface area contributed by atoms with Crippen LogP contribution in [0, 0.1) is 11.3 Å². The number of carbonyl (C=O) groups is 2. The lowest BCUT2D eigenvalue weighted by atomic mass is 9.94.